The van der Waals surface area contributed by atoms with Crippen molar-refractivity contribution >= 4 is 15.9 Å². The van der Waals surface area contributed by atoms with E-state index < -0.39 is 27.6 Å². The number of carbonyl (C=O) groups is 1. The first-order valence-electron chi connectivity index (χ1n) is 4.82. The second kappa shape index (κ2) is 5.72. The number of allylic oxidation sites excluding steroid dienone is 1. The number of hydrogen-bond acceptors (Lipinski definition) is 5. The van der Waals surface area contributed by atoms with E-state index in [4.69, 9.17) is 0 Å². The second-order valence-electron chi connectivity index (χ2n) is 3.39. The van der Waals surface area contributed by atoms with Gasteiger partial charge < -0.3 is 0 Å². The van der Waals surface area contributed by atoms with Crippen LogP contribution in [0, 0.1) is 0 Å². The monoisotopic (exact) mass is 255 g/mol. The first-order valence-corrected chi connectivity index (χ1v) is 6.40. The Morgan fingerprint density at radius 3 is 2.47 bits per heavy atom. The molecule has 0 heterocycles. The lowest BCUT2D eigenvalue weighted by atomic mass is 9.97. The third-order valence-corrected chi connectivity index (χ3v) is 3.30. The maximum absolute atomic E-state index is 11.6. The Morgan fingerprint density at radius 2 is 2.00 bits per heavy atom. The minimum Gasteiger partial charge on any atom is -0.294 e. The van der Waals surface area contributed by atoms with Crippen LogP contribution in [0.3, 0.4) is 0 Å². The Labute approximate surface area is 100.0 Å². The fraction of sp³-hybridized carbons (Fsp3) is 0.182. The van der Waals surface area contributed by atoms with Crippen molar-refractivity contribution in [2.75, 3.05) is 5.75 Å². The zero-order chi connectivity index (χ0) is 12.9. The van der Waals surface area contributed by atoms with Gasteiger partial charge >= 0.3 is 0 Å². The van der Waals surface area contributed by atoms with Crippen LogP contribution in [0.25, 0.3) is 0 Å². The lowest BCUT2D eigenvalue weighted by Gasteiger charge is -2.13. The summed E-state index contributed by atoms with van der Waals surface area (Å²) >= 11 is 0. The minimum absolute atomic E-state index is 0.392. The number of benzene rings is 1. The molecule has 0 aliphatic carbocycles. The molecule has 17 heavy (non-hydrogen) atoms. The molecule has 0 fully saturated rings. The van der Waals surface area contributed by atoms with Gasteiger partial charge in [-0.3, -0.25) is 4.79 Å². The molecule has 5 nitrogen and oxygen atoms in total. The molecule has 2 N–H and O–H groups in total. The van der Waals surface area contributed by atoms with Gasteiger partial charge in [-0.15, -0.1) is 0 Å². The van der Waals surface area contributed by atoms with Crippen molar-refractivity contribution in [2.45, 2.75) is 5.92 Å². The molecule has 92 valence electrons. The highest BCUT2D eigenvalue weighted by Gasteiger charge is 2.25. The molecular weight excluding hydrogens is 242 g/mol. The number of rotatable bonds is 6. The molecule has 0 aliphatic rings. The van der Waals surface area contributed by atoms with E-state index >= 15 is 0 Å². The summed E-state index contributed by atoms with van der Waals surface area (Å²) in [5.74, 6) is 2.91. The van der Waals surface area contributed by atoms with Gasteiger partial charge in [0.2, 0.25) is 0 Å². The summed E-state index contributed by atoms with van der Waals surface area (Å²) in [6, 6.07) is 8.53. The van der Waals surface area contributed by atoms with Crippen LogP contribution in [-0.4, -0.2) is 20.0 Å². The summed E-state index contributed by atoms with van der Waals surface area (Å²) in [5, 5.41) is 0. The van der Waals surface area contributed by atoms with Crippen molar-refractivity contribution < 1.29 is 17.5 Å². The van der Waals surface area contributed by atoms with Gasteiger partial charge in [0.15, 0.2) is 5.78 Å². The smallest absolute Gasteiger partial charge is 0.284 e. The van der Waals surface area contributed by atoms with E-state index in [1.54, 1.807) is 30.3 Å². The highest BCUT2D eigenvalue weighted by Crippen LogP contribution is 2.19. The Kier molecular flexibility index (Phi) is 4.56. The van der Waals surface area contributed by atoms with Gasteiger partial charge in [0.05, 0.1) is 11.7 Å². The van der Waals surface area contributed by atoms with Crippen molar-refractivity contribution in [3.63, 3.8) is 0 Å². The van der Waals surface area contributed by atoms with Crippen LogP contribution in [0.4, 0.5) is 0 Å². The van der Waals surface area contributed by atoms with Gasteiger partial charge in [0.1, 0.15) is 0 Å². The summed E-state index contributed by atoms with van der Waals surface area (Å²) < 4.78 is 26.4. The molecule has 0 aromatic heterocycles. The molecule has 6 heteroatoms. The zero-order valence-electron chi connectivity index (χ0n) is 9.07. The van der Waals surface area contributed by atoms with Gasteiger partial charge in [0, 0.05) is 0 Å². The number of hydrogen-bond donors (Lipinski definition) is 1. The van der Waals surface area contributed by atoms with E-state index in [1.165, 1.54) is 0 Å². The predicted molar refractivity (Wildman–Crippen MR) is 63.4 cm³/mol. The van der Waals surface area contributed by atoms with E-state index in [1.807, 2.05) is 0 Å². The lowest BCUT2D eigenvalue weighted by Crippen LogP contribution is -2.24. The standard InChI is InChI=1S/C11H13NO4S/c1-2-11(13)10(8-17(14,15)16-12)9-6-4-3-5-7-9/h2-7,10H,1,8,12H2. The molecule has 0 bridgehead atoms. The Morgan fingerprint density at radius 1 is 1.41 bits per heavy atom. The molecule has 0 amide bonds. The van der Waals surface area contributed by atoms with Gasteiger partial charge in [0.25, 0.3) is 10.1 Å². The van der Waals surface area contributed by atoms with E-state index in [9.17, 15) is 13.2 Å². The molecule has 0 saturated heterocycles. The highest BCUT2D eigenvalue weighted by atomic mass is 32.2. The van der Waals surface area contributed by atoms with Crippen LogP contribution in [-0.2, 0) is 19.2 Å². The van der Waals surface area contributed by atoms with Gasteiger partial charge in [-0.25, -0.2) is 0 Å². The van der Waals surface area contributed by atoms with Crippen molar-refractivity contribution in [3.05, 3.63) is 48.6 Å². The quantitative estimate of drug-likeness (QED) is 0.598. The Balaban J connectivity index is 3.06. The summed E-state index contributed by atoms with van der Waals surface area (Å²) in [6.45, 7) is 3.35. The average molecular weight is 255 g/mol. The van der Waals surface area contributed by atoms with Crippen molar-refractivity contribution in [1.82, 2.24) is 0 Å². The number of nitrogens with two attached hydrogens (primary N) is 1. The van der Waals surface area contributed by atoms with E-state index in [2.05, 4.69) is 16.8 Å². The fourth-order valence-corrected chi connectivity index (χ4v) is 2.26. The summed E-state index contributed by atoms with van der Waals surface area (Å²) in [5.41, 5.74) is 0.582. The molecule has 0 radical (unpaired) electrons. The first-order chi connectivity index (χ1) is 8.00. The lowest BCUT2D eigenvalue weighted by molar-refractivity contribution is -0.115. The molecular formula is C11H13NO4S. The third kappa shape index (κ3) is 3.77. The SMILES string of the molecule is C=CC(=O)C(CS(=O)(=O)ON)c1ccccc1. The predicted octanol–water partition coefficient (Wildman–Crippen LogP) is 0.745. The first kappa shape index (κ1) is 13.6. The van der Waals surface area contributed by atoms with E-state index in [0.717, 1.165) is 6.08 Å². The normalized spacial score (nSPS) is 13.0. The number of carbonyl (C=O) groups excluding carboxylic acids is 1. The van der Waals surface area contributed by atoms with Crippen LogP contribution in [0.15, 0.2) is 43.0 Å². The van der Waals surface area contributed by atoms with Crippen LogP contribution < -0.4 is 5.90 Å². The molecule has 0 saturated carbocycles. The molecule has 1 aromatic carbocycles. The maximum Gasteiger partial charge on any atom is 0.284 e. The van der Waals surface area contributed by atoms with Crippen LogP contribution in [0.1, 0.15) is 11.5 Å². The molecule has 0 spiro atoms. The van der Waals surface area contributed by atoms with Gasteiger partial charge in [-0.05, 0) is 11.6 Å². The van der Waals surface area contributed by atoms with Crippen LogP contribution in [0.5, 0.6) is 0 Å². The van der Waals surface area contributed by atoms with Crippen LogP contribution in [0.2, 0.25) is 0 Å². The number of ketones is 1. The topological polar surface area (TPSA) is 86.5 Å². The maximum atomic E-state index is 11.6. The van der Waals surface area contributed by atoms with E-state index in [-0.39, 0.29) is 0 Å². The molecule has 1 unspecified atom stereocenters. The van der Waals surface area contributed by atoms with Crippen molar-refractivity contribution in [2.24, 2.45) is 5.90 Å². The van der Waals surface area contributed by atoms with E-state index in [0.29, 0.717) is 5.56 Å². The van der Waals surface area contributed by atoms with Gasteiger partial charge in [-0.2, -0.15) is 18.6 Å². The van der Waals surface area contributed by atoms with Crippen molar-refractivity contribution in [3.8, 4) is 0 Å². The molecule has 0 aliphatic heterocycles. The minimum atomic E-state index is -3.91. The Hall–Kier alpha value is -1.50. The average Bonchev–Trinajstić information content (AvgIpc) is 2.36. The fourth-order valence-electron chi connectivity index (χ4n) is 1.41. The molecule has 1 rings (SSSR count). The highest BCUT2D eigenvalue weighted by molar-refractivity contribution is 7.86. The largest absolute Gasteiger partial charge is 0.294 e. The Bertz CT molecular complexity index is 495. The third-order valence-electron chi connectivity index (χ3n) is 2.26. The van der Waals surface area contributed by atoms with Gasteiger partial charge in [-0.1, -0.05) is 36.9 Å². The zero-order valence-corrected chi connectivity index (χ0v) is 9.89. The van der Waals surface area contributed by atoms with Crippen molar-refractivity contribution in [1.29, 1.82) is 0 Å². The second-order valence-corrected chi connectivity index (χ2v) is 5.03. The molecule has 1 atom stereocenters. The summed E-state index contributed by atoms with van der Waals surface area (Å²) in [7, 11) is -3.91. The summed E-state index contributed by atoms with van der Waals surface area (Å²) in [4.78, 5) is 11.6. The van der Waals surface area contributed by atoms with Crippen LogP contribution >= 0.6 is 0 Å². The summed E-state index contributed by atoms with van der Waals surface area (Å²) in [6.07, 6.45) is 1.09. The molecule has 1 aromatic rings.